The van der Waals surface area contributed by atoms with Crippen LogP contribution in [0.3, 0.4) is 0 Å². The van der Waals surface area contributed by atoms with Crippen molar-refractivity contribution < 1.29 is 14.0 Å². The third kappa shape index (κ3) is 3.76. The largest absolute Gasteiger partial charge is 0.381 e. The predicted octanol–water partition coefficient (Wildman–Crippen LogP) is 0.178. The van der Waals surface area contributed by atoms with Gasteiger partial charge in [-0.2, -0.15) is 4.98 Å². The van der Waals surface area contributed by atoms with Crippen LogP contribution in [0.1, 0.15) is 18.6 Å². The summed E-state index contributed by atoms with van der Waals surface area (Å²) in [4.78, 5) is 4.33. The molecule has 2 heterocycles. The first kappa shape index (κ1) is 12.5. The zero-order valence-electron chi connectivity index (χ0n) is 10.3. The molecule has 0 radical (unpaired) electrons. The molecule has 2 rings (SSSR count). The molecule has 0 saturated carbocycles. The number of hydrogen-bond donors (Lipinski definition) is 1. The van der Waals surface area contributed by atoms with E-state index in [-0.39, 0.29) is 12.2 Å². The van der Waals surface area contributed by atoms with E-state index in [4.69, 9.17) is 14.0 Å². The highest BCUT2D eigenvalue weighted by Gasteiger charge is 2.18. The van der Waals surface area contributed by atoms with Crippen LogP contribution in [0.25, 0.3) is 0 Å². The second-order valence-corrected chi connectivity index (χ2v) is 4.26. The van der Waals surface area contributed by atoms with E-state index >= 15 is 0 Å². The second-order valence-electron chi connectivity index (χ2n) is 4.26. The summed E-state index contributed by atoms with van der Waals surface area (Å²) in [6, 6.07) is 0. The van der Waals surface area contributed by atoms with Gasteiger partial charge in [0.2, 0.25) is 5.89 Å². The average Bonchev–Trinajstić information content (AvgIpc) is 2.77. The monoisotopic (exact) mass is 241 g/mol. The molecule has 6 nitrogen and oxygen atoms in total. The van der Waals surface area contributed by atoms with Crippen LogP contribution in [0.15, 0.2) is 4.52 Å². The molecule has 1 aliphatic rings. The van der Waals surface area contributed by atoms with Gasteiger partial charge in [-0.1, -0.05) is 5.16 Å². The van der Waals surface area contributed by atoms with E-state index in [9.17, 15) is 0 Å². The molecule has 0 amide bonds. The minimum absolute atomic E-state index is 0.105. The van der Waals surface area contributed by atoms with Crippen LogP contribution < -0.4 is 5.32 Å². The molecule has 0 bridgehead atoms. The van der Waals surface area contributed by atoms with E-state index in [1.165, 1.54) is 0 Å². The molecule has 1 fully saturated rings. The van der Waals surface area contributed by atoms with Gasteiger partial charge in [-0.3, -0.25) is 0 Å². The molecular formula is C11H19N3O3. The summed E-state index contributed by atoms with van der Waals surface area (Å²) in [5, 5.41) is 7.20. The highest BCUT2D eigenvalue weighted by Crippen LogP contribution is 2.07. The zero-order chi connectivity index (χ0) is 12.1. The summed E-state index contributed by atoms with van der Waals surface area (Å²) < 4.78 is 15.9. The minimum Gasteiger partial charge on any atom is -0.381 e. The van der Waals surface area contributed by atoms with Crippen LogP contribution in [-0.2, 0) is 22.3 Å². The highest BCUT2D eigenvalue weighted by molar-refractivity contribution is 4.90. The van der Waals surface area contributed by atoms with Gasteiger partial charge in [0.1, 0.15) is 0 Å². The highest BCUT2D eigenvalue weighted by atomic mass is 16.5. The Morgan fingerprint density at radius 2 is 2.47 bits per heavy atom. The summed E-state index contributed by atoms with van der Waals surface area (Å²) in [5.41, 5.74) is 0. The number of nitrogens with zero attached hydrogens (tertiary/aromatic N) is 2. The van der Waals surface area contributed by atoms with E-state index in [2.05, 4.69) is 15.5 Å². The van der Waals surface area contributed by atoms with Crippen molar-refractivity contribution in [3.63, 3.8) is 0 Å². The summed E-state index contributed by atoms with van der Waals surface area (Å²) in [6.45, 7) is 4.47. The Hall–Kier alpha value is -0.980. The van der Waals surface area contributed by atoms with Crippen LogP contribution in [0.4, 0.5) is 0 Å². The Labute approximate surface area is 101 Å². The molecule has 1 aromatic rings. The van der Waals surface area contributed by atoms with Crippen LogP contribution in [0, 0.1) is 0 Å². The van der Waals surface area contributed by atoms with Gasteiger partial charge in [0.15, 0.2) is 5.82 Å². The maximum Gasteiger partial charge on any atom is 0.229 e. The Morgan fingerprint density at radius 1 is 1.59 bits per heavy atom. The fourth-order valence-electron chi connectivity index (χ4n) is 1.74. The third-order valence-corrected chi connectivity index (χ3v) is 2.79. The number of hydrogen-bond acceptors (Lipinski definition) is 6. The molecule has 96 valence electrons. The summed E-state index contributed by atoms with van der Waals surface area (Å²) in [5.74, 6) is 1.33. The lowest BCUT2D eigenvalue weighted by atomic mass is 10.2. The number of morpholine rings is 1. The molecule has 2 atom stereocenters. The van der Waals surface area contributed by atoms with Crippen molar-refractivity contribution in [2.75, 3.05) is 26.8 Å². The van der Waals surface area contributed by atoms with Crippen molar-refractivity contribution in [2.24, 2.45) is 0 Å². The quantitative estimate of drug-likeness (QED) is 0.793. The molecule has 1 saturated heterocycles. The number of aromatic nitrogens is 2. The maximum absolute atomic E-state index is 5.58. The van der Waals surface area contributed by atoms with Crippen molar-refractivity contribution >= 4 is 0 Å². The Morgan fingerprint density at radius 3 is 3.18 bits per heavy atom. The van der Waals surface area contributed by atoms with Gasteiger partial charge < -0.3 is 19.3 Å². The van der Waals surface area contributed by atoms with Gasteiger partial charge in [0, 0.05) is 26.6 Å². The SMILES string of the molecule is COC(C)Cc1noc(CC2CNCCO2)n1. The molecule has 17 heavy (non-hydrogen) atoms. The van der Waals surface area contributed by atoms with Crippen molar-refractivity contribution in [1.82, 2.24) is 15.5 Å². The third-order valence-electron chi connectivity index (χ3n) is 2.79. The summed E-state index contributed by atoms with van der Waals surface area (Å²) in [6.07, 6.45) is 1.58. The summed E-state index contributed by atoms with van der Waals surface area (Å²) >= 11 is 0. The lowest BCUT2D eigenvalue weighted by molar-refractivity contribution is 0.0246. The van der Waals surface area contributed by atoms with Crippen molar-refractivity contribution in [1.29, 1.82) is 0 Å². The minimum atomic E-state index is 0.105. The molecule has 1 aromatic heterocycles. The Bertz CT molecular complexity index is 336. The molecule has 0 spiro atoms. The van der Waals surface area contributed by atoms with Gasteiger partial charge >= 0.3 is 0 Å². The topological polar surface area (TPSA) is 69.4 Å². The van der Waals surface area contributed by atoms with Gasteiger partial charge in [-0.15, -0.1) is 0 Å². The normalized spacial score (nSPS) is 22.6. The second kappa shape index (κ2) is 6.09. The van der Waals surface area contributed by atoms with Crippen LogP contribution in [-0.4, -0.2) is 49.2 Å². The smallest absolute Gasteiger partial charge is 0.229 e. The molecule has 2 unspecified atom stereocenters. The van der Waals surface area contributed by atoms with Crippen molar-refractivity contribution in [2.45, 2.75) is 32.0 Å². The van der Waals surface area contributed by atoms with Gasteiger partial charge in [-0.05, 0) is 6.92 Å². The zero-order valence-corrected chi connectivity index (χ0v) is 10.3. The summed E-state index contributed by atoms with van der Waals surface area (Å²) in [7, 11) is 1.67. The first-order valence-corrected chi connectivity index (χ1v) is 5.94. The molecular weight excluding hydrogens is 222 g/mol. The molecule has 1 N–H and O–H groups in total. The van der Waals surface area contributed by atoms with Crippen molar-refractivity contribution in [3.8, 4) is 0 Å². The fourth-order valence-corrected chi connectivity index (χ4v) is 1.74. The number of methoxy groups -OCH3 is 1. The molecule has 6 heteroatoms. The molecule has 0 aromatic carbocycles. The molecule has 0 aliphatic carbocycles. The van der Waals surface area contributed by atoms with Crippen molar-refractivity contribution in [3.05, 3.63) is 11.7 Å². The van der Waals surface area contributed by atoms with Crippen LogP contribution in [0.2, 0.25) is 0 Å². The Balaban J connectivity index is 1.84. The fraction of sp³-hybridized carbons (Fsp3) is 0.818. The molecule has 1 aliphatic heterocycles. The van der Waals surface area contributed by atoms with E-state index in [0.717, 1.165) is 19.7 Å². The van der Waals surface area contributed by atoms with Crippen LogP contribution >= 0.6 is 0 Å². The number of rotatable bonds is 5. The van der Waals surface area contributed by atoms with E-state index in [0.29, 0.717) is 24.6 Å². The first-order valence-electron chi connectivity index (χ1n) is 5.94. The Kier molecular flexibility index (Phi) is 4.47. The lowest BCUT2D eigenvalue weighted by Gasteiger charge is -2.21. The predicted molar refractivity (Wildman–Crippen MR) is 60.8 cm³/mol. The standard InChI is InChI=1S/C11H19N3O3/c1-8(15-2)5-10-13-11(17-14-10)6-9-7-12-3-4-16-9/h8-9,12H,3-7H2,1-2H3. The van der Waals surface area contributed by atoms with E-state index in [1.54, 1.807) is 7.11 Å². The lowest BCUT2D eigenvalue weighted by Crippen LogP contribution is -2.39. The van der Waals surface area contributed by atoms with E-state index < -0.39 is 0 Å². The first-order chi connectivity index (χ1) is 8.28. The van der Waals surface area contributed by atoms with Gasteiger partial charge in [0.25, 0.3) is 0 Å². The maximum atomic E-state index is 5.58. The van der Waals surface area contributed by atoms with Crippen LogP contribution in [0.5, 0.6) is 0 Å². The van der Waals surface area contributed by atoms with E-state index in [1.807, 2.05) is 6.92 Å². The number of ether oxygens (including phenoxy) is 2. The van der Waals surface area contributed by atoms with Gasteiger partial charge in [-0.25, -0.2) is 0 Å². The number of nitrogens with one attached hydrogen (secondary N) is 1. The average molecular weight is 241 g/mol. The van der Waals surface area contributed by atoms with Gasteiger partial charge in [0.05, 0.1) is 25.2 Å².